The number of rotatable bonds is 4. The molecule has 140 valence electrons. The van der Waals surface area contributed by atoms with Crippen molar-refractivity contribution in [3.63, 3.8) is 0 Å². The molecule has 7 heteroatoms. The molecule has 1 aliphatic heterocycles. The lowest BCUT2D eigenvalue weighted by molar-refractivity contribution is 0.122. The number of aromatic nitrogens is 3. The van der Waals surface area contributed by atoms with Crippen molar-refractivity contribution in [1.29, 1.82) is 0 Å². The summed E-state index contributed by atoms with van der Waals surface area (Å²) >= 11 is 0. The van der Waals surface area contributed by atoms with E-state index in [4.69, 9.17) is 15.5 Å². The zero-order valence-corrected chi connectivity index (χ0v) is 15.3. The Morgan fingerprint density at radius 3 is 2.52 bits per heavy atom. The van der Waals surface area contributed by atoms with E-state index >= 15 is 0 Å². The largest absolute Gasteiger partial charge is 0.383 e. The first kappa shape index (κ1) is 16.4. The predicted octanol–water partition coefficient (Wildman–Crippen LogP) is 3.32. The fourth-order valence-corrected chi connectivity index (χ4v) is 3.78. The van der Waals surface area contributed by atoms with E-state index in [0.29, 0.717) is 17.8 Å². The van der Waals surface area contributed by atoms with Crippen LogP contribution in [0.3, 0.4) is 0 Å². The van der Waals surface area contributed by atoms with Gasteiger partial charge in [0.25, 0.3) is 0 Å². The Hall–Kier alpha value is -2.80. The maximum Gasteiger partial charge on any atom is 0.231 e. The van der Waals surface area contributed by atoms with Gasteiger partial charge >= 0.3 is 0 Å². The minimum Gasteiger partial charge on any atom is -0.383 e. The van der Waals surface area contributed by atoms with Gasteiger partial charge in [0, 0.05) is 36.7 Å². The molecule has 2 aliphatic rings. The normalized spacial score (nSPS) is 17.9. The maximum absolute atomic E-state index is 6.18. The summed E-state index contributed by atoms with van der Waals surface area (Å²) in [6, 6.07) is 10.9. The van der Waals surface area contributed by atoms with Crippen LogP contribution < -0.4 is 16.0 Å². The molecule has 0 radical (unpaired) electrons. The molecule has 0 bridgehead atoms. The van der Waals surface area contributed by atoms with Crippen molar-refractivity contribution in [3.05, 3.63) is 36.5 Å². The molecule has 3 aromatic rings. The molecule has 5 rings (SSSR count). The number of fused-ring (bicyclic) bond motifs is 1. The minimum atomic E-state index is 0.519. The van der Waals surface area contributed by atoms with Crippen LogP contribution in [0.25, 0.3) is 11.0 Å². The number of hydrogen-bond donors (Lipinski definition) is 2. The van der Waals surface area contributed by atoms with Gasteiger partial charge in [0.2, 0.25) is 5.95 Å². The minimum absolute atomic E-state index is 0.519. The van der Waals surface area contributed by atoms with Gasteiger partial charge < -0.3 is 25.3 Å². The molecule has 0 atom stereocenters. The number of benzene rings is 1. The lowest BCUT2D eigenvalue weighted by Gasteiger charge is -2.29. The molecule has 1 saturated carbocycles. The standard InChI is InChI=1S/C20H24N6O/c21-18-17-8-9-26(16-2-1-3-16)19(17)24-20(23-18)22-14-4-6-15(7-5-14)25-10-12-27-13-11-25/h4-9,16H,1-3,10-13H2,(H3,21,22,23,24). The van der Waals surface area contributed by atoms with Gasteiger partial charge in [0.1, 0.15) is 11.5 Å². The van der Waals surface area contributed by atoms with Gasteiger partial charge in [0.05, 0.1) is 18.6 Å². The van der Waals surface area contributed by atoms with Crippen LogP contribution in [-0.2, 0) is 4.74 Å². The average molecular weight is 364 g/mol. The summed E-state index contributed by atoms with van der Waals surface area (Å²) in [6.45, 7) is 3.43. The van der Waals surface area contributed by atoms with Crippen LogP contribution in [0.2, 0.25) is 0 Å². The van der Waals surface area contributed by atoms with E-state index in [1.165, 1.54) is 24.9 Å². The number of nitrogens with zero attached hydrogens (tertiary/aromatic N) is 4. The second kappa shape index (κ2) is 6.74. The summed E-state index contributed by atoms with van der Waals surface area (Å²) in [7, 11) is 0. The highest BCUT2D eigenvalue weighted by molar-refractivity contribution is 5.88. The lowest BCUT2D eigenvalue weighted by atomic mass is 9.93. The van der Waals surface area contributed by atoms with E-state index in [2.05, 4.69) is 50.2 Å². The van der Waals surface area contributed by atoms with Crippen molar-refractivity contribution >= 4 is 34.2 Å². The van der Waals surface area contributed by atoms with E-state index in [0.717, 1.165) is 43.0 Å². The molecule has 1 aliphatic carbocycles. The zero-order chi connectivity index (χ0) is 18.2. The third-order valence-electron chi connectivity index (χ3n) is 5.57. The molecular formula is C20H24N6O. The van der Waals surface area contributed by atoms with Gasteiger partial charge in [-0.2, -0.15) is 9.97 Å². The molecule has 7 nitrogen and oxygen atoms in total. The predicted molar refractivity (Wildman–Crippen MR) is 108 cm³/mol. The highest BCUT2D eigenvalue weighted by Gasteiger charge is 2.22. The summed E-state index contributed by atoms with van der Waals surface area (Å²) in [4.78, 5) is 11.5. The van der Waals surface area contributed by atoms with E-state index < -0.39 is 0 Å². The number of ether oxygens (including phenoxy) is 1. The molecule has 27 heavy (non-hydrogen) atoms. The monoisotopic (exact) mass is 364 g/mol. The van der Waals surface area contributed by atoms with Crippen molar-refractivity contribution in [1.82, 2.24) is 14.5 Å². The summed E-state index contributed by atoms with van der Waals surface area (Å²) < 4.78 is 7.66. The van der Waals surface area contributed by atoms with Crippen LogP contribution in [-0.4, -0.2) is 40.8 Å². The molecule has 1 saturated heterocycles. The van der Waals surface area contributed by atoms with Crippen molar-refractivity contribution in [2.45, 2.75) is 25.3 Å². The first-order chi connectivity index (χ1) is 13.3. The van der Waals surface area contributed by atoms with Crippen LogP contribution >= 0.6 is 0 Å². The van der Waals surface area contributed by atoms with Gasteiger partial charge in [-0.1, -0.05) is 0 Å². The molecule has 2 fully saturated rings. The maximum atomic E-state index is 6.18. The fraction of sp³-hybridized carbons (Fsp3) is 0.400. The van der Waals surface area contributed by atoms with E-state index in [9.17, 15) is 0 Å². The molecule has 1 aromatic carbocycles. The number of anilines is 4. The number of hydrogen-bond acceptors (Lipinski definition) is 6. The second-order valence-corrected chi connectivity index (χ2v) is 7.25. The Balaban J connectivity index is 1.39. The van der Waals surface area contributed by atoms with Gasteiger partial charge in [0.15, 0.2) is 0 Å². The van der Waals surface area contributed by atoms with Gasteiger partial charge in [-0.15, -0.1) is 0 Å². The van der Waals surface area contributed by atoms with Crippen molar-refractivity contribution in [2.75, 3.05) is 42.3 Å². The summed E-state index contributed by atoms with van der Waals surface area (Å²) in [5.74, 6) is 1.06. The average Bonchev–Trinajstić information content (AvgIpc) is 3.06. The second-order valence-electron chi connectivity index (χ2n) is 7.25. The van der Waals surface area contributed by atoms with Crippen LogP contribution in [0.4, 0.5) is 23.1 Å². The van der Waals surface area contributed by atoms with Gasteiger partial charge in [-0.25, -0.2) is 0 Å². The first-order valence-corrected chi connectivity index (χ1v) is 9.62. The van der Waals surface area contributed by atoms with Crippen LogP contribution in [0.5, 0.6) is 0 Å². The smallest absolute Gasteiger partial charge is 0.231 e. The third kappa shape index (κ3) is 3.08. The van der Waals surface area contributed by atoms with Crippen LogP contribution in [0, 0.1) is 0 Å². The molecule has 3 N–H and O–H groups in total. The molecule has 0 unspecified atom stereocenters. The van der Waals surface area contributed by atoms with E-state index in [1.807, 2.05) is 6.07 Å². The van der Waals surface area contributed by atoms with E-state index in [-0.39, 0.29) is 0 Å². The topological polar surface area (TPSA) is 81.2 Å². The Kier molecular flexibility index (Phi) is 4.09. The number of nitrogens with one attached hydrogen (secondary N) is 1. The van der Waals surface area contributed by atoms with Crippen molar-refractivity contribution in [3.8, 4) is 0 Å². The number of morpholine rings is 1. The van der Waals surface area contributed by atoms with Crippen LogP contribution in [0.15, 0.2) is 36.5 Å². The Morgan fingerprint density at radius 1 is 1.04 bits per heavy atom. The third-order valence-corrected chi connectivity index (χ3v) is 5.57. The molecule has 0 amide bonds. The molecule has 2 aromatic heterocycles. The highest BCUT2D eigenvalue weighted by atomic mass is 16.5. The van der Waals surface area contributed by atoms with E-state index in [1.54, 1.807) is 0 Å². The molecule has 0 spiro atoms. The first-order valence-electron chi connectivity index (χ1n) is 9.62. The van der Waals surface area contributed by atoms with Gasteiger partial charge in [-0.05, 0) is 49.6 Å². The lowest BCUT2D eigenvalue weighted by Crippen LogP contribution is -2.36. The molecular weight excluding hydrogens is 340 g/mol. The van der Waals surface area contributed by atoms with Crippen molar-refractivity contribution < 1.29 is 4.74 Å². The fourth-order valence-electron chi connectivity index (χ4n) is 3.78. The zero-order valence-electron chi connectivity index (χ0n) is 15.3. The van der Waals surface area contributed by atoms with Crippen LogP contribution in [0.1, 0.15) is 25.3 Å². The Morgan fingerprint density at radius 2 is 1.81 bits per heavy atom. The number of nitrogen functional groups attached to an aromatic ring is 1. The SMILES string of the molecule is Nc1nc(Nc2ccc(N3CCOCC3)cc2)nc2c1ccn2C1CCC1. The van der Waals surface area contributed by atoms with Gasteiger partial charge in [-0.3, -0.25) is 0 Å². The Bertz CT molecular complexity index is 941. The quantitative estimate of drug-likeness (QED) is 0.739. The highest BCUT2D eigenvalue weighted by Crippen LogP contribution is 2.35. The summed E-state index contributed by atoms with van der Waals surface area (Å²) in [5, 5.41) is 4.23. The van der Waals surface area contributed by atoms with Crippen molar-refractivity contribution in [2.24, 2.45) is 0 Å². The Labute approximate surface area is 158 Å². The summed E-state index contributed by atoms with van der Waals surface area (Å²) in [6.07, 6.45) is 5.78. The summed E-state index contributed by atoms with van der Waals surface area (Å²) in [5.41, 5.74) is 9.26. The molecule has 3 heterocycles. The number of nitrogens with two attached hydrogens (primary N) is 1.